The Bertz CT molecular complexity index is 1040. The van der Waals surface area contributed by atoms with Crippen LogP contribution in [0.2, 0.25) is 5.02 Å². The van der Waals surface area contributed by atoms with Gasteiger partial charge in [-0.2, -0.15) is 0 Å². The van der Waals surface area contributed by atoms with Crippen LogP contribution in [0.4, 0.5) is 11.4 Å². The molecule has 0 aromatic heterocycles. The Kier molecular flexibility index (Phi) is 5.09. The lowest BCUT2D eigenvalue weighted by Gasteiger charge is -2.18. The van der Waals surface area contributed by atoms with Gasteiger partial charge in [0.1, 0.15) is 0 Å². The third kappa shape index (κ3) is 3.88. The van der Waals surface area contributed by atoms with E-state index in [2.05, 4.69) is 21.2 Å². The van der Waals surface area contributed by atoms with Crippen molar-refractivity contribution < 1.29 is 18.0 Å². The van der Waals surface area contributed by atoms with Crippen LogP contribution >= 0.6 is 27.5 Å². The summed E-state index contributed by atoms with van der Waals surface area (Å²) in [6, 6.07) is 11.1. The van der Waals surface area contributed by atoms with Gasteiger partial charge in [-0.15, -0.1) is 0 Å². The van der Waals surface area contributed by atoms with Gasteiger partial charge in [0.25, 0.3) is 5.91 Å². The van der Waals surface area contributed by atoms with E-state index in [-0.39, 0.29) is 22.0 Å². The number of hydrogen-bond acceptors (Lipinski definition) is 4. The smallest absolute Gasteiger partial charge is 0.257 e. The Balaban J connectivity index is 1.96. The molecule has 1 heterocycles. The summed E-state index contributed by atoms with van der Waals surface area (Å²) in [6.07, 6.45) is 0. The van der Waals surface area contributed by atoms with Crippen molar-refractivity contribution >= 4 is 60.7 Å². The number of amides is 2. The lowest BCUT2D eigenvalue weighted by atomic mass is 9.95. The van der Waals surface area contributed by atoms with Gasteiger partial charge in [-0.05, 0) is 56.3 Å². The fourth-order valence-electron chi connectivity index (χ4n) is 2.81. The van der Waals surface area contributed by atoms with E-state index in [1.54, 1.807) is 38.1 Å². The van der Waals surface area contributed by atoms with Crippen molar-refractivity contribution in [2.75, 3.05) is 15.4 Å². The maximum absolute atomic E-state index is 12.6. The first kappa shape index (κ1) is 19.9. The summed E-state index contributed by atoms with van der Waals surface area (Å²) in [7, 11) is -3.81. The van der Waals surface area contributed by atoms with Crippen LogP contribution in [-0.4, -0.2) is 26.0 Å². The number of carbonyl (C=O) groups is 2. The fraction of sp³-hybridized carbons (Fsp3) is 0.222. The zero-order valence-corrected chi connectivity index (χ0v) is 17.7. The summed E-state index contributed by atoms with van der Waals surface area (Å²) in [6.45, 7) is 3.15. The van der Waals surface area contributed by atoms with E-state index < -0.39 is 27.3 Å². The quantitative estimate of drug-likeness (QED) is 0.732. The van der Waals surface area contributed by atoms with Crippen molar-refractivity contribution in [3.05, 3.63) is 57.5 Å². The SMILES string of the molecule is CC1(C)CS(=O)(=O)N(c2ccc(Cl)c(C(=O)Nc3ccc(Br)cc3)c2)C1=O. The average molecular weight is 472 g/mol. The van der Waals surface area contributed by atoms with E-state index in [1.165, 1.54) is 18.2 Å². The molecule has 27 heavy (non-hydrogen) atoms. The van der Waals surface area contributed by atoms with E-state index in [0.29, 0.717) is 5.69 Å². The summed E-state index contributed by atoms with van der Waals surface area (Å²) in [4.78, 5) is 25.1. The van der Waals surface area contributed by atoms with Gasteiger partial charge >= 0.3 is 0 Å². The monoisotopic (exact) mass is 470 g/mol. The lowest BCUT2D eigenvalue weighted by molar-refractivity contribution is -0.123. The molecule has 0 spiro atoms. The molecule has 0 unspecified atom stereocenters. The van der Waals surface area contributed by atoms with E-state index in [4.69, 9.17) is 11.6 Å². The minimum absolute atomic E-state index is 0.0739. The highest BCUT2D eigenvalue weighted by atomic mass is 79.9. The van der Waals surface area contributed by atoms with Gasteiger partial charge in [-0.1, -0.05) is 27.5 Å². The average Bonchev–Trinajstić information content (AvgIpc) is 2.73. The highest BCUT2D eigenvalue weighted by molar-refractivity contribution is 9.10. The summed E-state index contributed by atoms with van der Waals surface area (Å²) in [5.41, 5.74) is -0.311. The number of carbonyl (C=O) groups excluding carboxylic acids is 2. The summed E-state index contributed by atoms with van der Waals surface area (Å²) in [5.74, 6) is -1.33. The second-order valence-corrected chi connectivity index (χ2v) is 9.98. The van der Waals surface area contributed by atoms with Crippen LogP contribution in [0.3, 0.4) is 0 Å². The van der Waals surface area contributed by atoms with Crippen LogP contribution in [0.1, 0.15) is 24.2 Å². The number of sulfonamides is 1. The molecule has 1 fully saturated rings. The van der Waals surface area contributed by atoms with Crippen LogP contribution in [0, 0.1) is 5.41 Å². The van der Waals surface area contributed by atoms with Gasteiger partial charge < -0.3 is 5.32 Å². The molecular weight excluding hydrogens is 456 g/mol. The first-order valence-electron chi connectivity index (χ1n) is 7.95. The number of nitrogens with zero attached hydrogens (tertiary/aromatic N) is 1. The molecule has 0 aliphatic carbocycles. The van der Waals surface area contributed by atoms with Crippen LogP contribution in [0.15, 0.2) is 46.9 Å². The molecule has 0 bridgehead atoms. The third-order valence-corrected chi connectivity index (χ3v) is 6.99. The van der Waals surface area contributed by atoms with Gasteiger partial charge in [-0.3, -0.25) is 9.59 Å². The Hall–Kier alpha value is -1.90. The first-order chi connectivity index (χ1) is 12.5. The molecule has 2 aromatic carbocycles. The molecule has 2 aromatic rings. The zero-order chi connectivity index (χ0) is 20.0. The van der Waals surface area contributed by atoms with E-state index in [9.17, 15) is 18.0 Å². The first-order valence-corrected chi connectivity index (χ1v) is 10.7. The highest BCUT2D eigenvalue weighted by Crippen LogP contribution is 2.37. The molecule has 142 valence electrons. The second kappa shape index (κ2) is 6.92. The molecule has 1 aliphatic heterocycles. The number of anilines is 2. The Morgan fingerprint density at radius 1 is 1.19 bits per heavy atom. The summed E-state index contributed by atoms with van der Waals surface area (Å²) in [5, 5.41) is 2.84. The van der Waals surface area contributed by atoms with Crippen LogP contribution in [0.25, 0.3) is 0 Å². The summed E-state index contributed by atoms with van der Waals surface area (Å²) >= 11 is 9.44. The number of halogens is 2. The van der Waals surface area contributed by atoms with Crippen molar-refractivity contribution in [3.8, 4) is 0 Å². The predicted octanol–water partition coefficient (Wildman–Crippen LogP) is 4.06. The van der Waals surface area contributed by atoms with Gasteiger partial charge in [0.05, 0.1) is 27.4 Å². The largest absolute Gasteiger partial charge is 0.322 e. The molecule has 2 amide bonds. The molecular formula is C18H16BrClN2O4S. The van der Waals surface area contributed by atoms with E-state index in [0.717, 1.165) is 8.78 Å². The van der Waals surface area contributed by atoms with Gasteiger partial charge in [0.15, 0.2) is 0 Å². The Morgan fingerprint density at radius 2 is 1.81 bits per heavy atom. The van der Waals surface area contributed by atoms with Gasteiger partial charge in [-0.25, -0.2) is 12.7 Å². The topological polar surface area (TPSA) is 83.6 Å². The minimum Gasteiger partial charge on any atom is -0.322 e. The zero-order valence-electron chi connectivity index (χ0n) is 14.5. The molecule has 9 heteroatoms. The van der Waals surface area contributed by atoms with E-state index in [1.807, 2.05) is 0 Å². The molecule has 6 nitrogen and oxygen atoms in total. The van der Waals surface area contributed by atoms with Crippen molar-refractivity contribution in [1.82, 2.24) is 0 Å². The third-order valence-electron chi connectivity index (χ3n) is 4.12. The lowest BCUT2D eigenvalue weighted by Crippen LogP contribution is -2.33. The summed E-state index contributed by atoms with van der Waals surface area (Å²) < 4.78 is 26.5. The predicted molar refractivity (Wildman–Crippen MR) is 109 cm³/mol. The van der Waals surface area contributed by atoms with E-state index >= 15 is 0 Å². The Morgan fingerprint density at radius 3 is 2.37 bits per heavy atom. The number of hydrogen-bond donors (Lipinski definition) is 1. The normalized spacial score (nSPS) is 17.8. The molecule has 0 atom stereocenters. The number of rotatable bonds is 3. The standard InChI is InChI=1S/C18H16BrClN2O4S/c1-18(2)10-27(25,26)22(17(18)24)13-7-8-15(20)14(9-13)16(23)21-12-5-3-11(19)4-6-12/h3-9H,10H2,1-2H3,(H,21,23). The molecule has 1 saturated heterocycles. The number of nitrogens with one attached hydrogen (secondary N) is 1. The second-order valence-electron chi connectivity index (χ2n) is 6.83. The molecule has 0 saturated carbocycles. The number of benzene rings is 2. The van der Waals surface area contributed by atoms with Crippen molar-refractivity contribution in [2.45, 2.75) is 13.8 Å². The molecule has 1 N–H and O–H groups in total. The minimum atomic E-state index is -3.81. The molecule has 0 radical (unpaired) electrons. The highest BCUT2D eigenvalue weighted by Gasteiger charge is 2.50. The van der Waals surface area contributed by atoms with Crippen LogP contribution in [-0.2, 0) is 14.8 Å². The molecule has 1 aliphatic rings. The maximum Gasteiger partial charge on any atom is 0.257 e. The van der Waals surface area contributed by atoms with Crippen LogP contribution < -0.4 is 9.62 Å². The van der Waals surface area contributed by atoms with Gasteiger partial charge in [0.2, 0.25) is 15.9 Å². The van der Waals surface area contributed by atoms with Crippen molar-refractivity contribution in [1.29, 1.82) is 0 Å². The fourth-order valence-corrected chi connectivity index (χ4v) is 5.37. The Labute approximate surface area is 170 Å². The van der Waals surface area contributed by atoms with Gasteiger partial charge in [0, 0.05) is 10.2 Å². The maximum atomic E-state index is 12.6. The van der Waals surface area contributed by atoms with Crippen LogP contribution in [0.5, 0.6) is 0 Å². The van der Waals surface area contributed by atoms with Crippen molar-refractivity contribution in [2.24, 2.45) is 5.41 Å². The molecule has 3 rings (SSSR count). The van der Waals surface area contributed by atoms with Crippen molar-refractivity contribution in [3.63, 3.8) is 0 Å².